The number of urea groups is 1. The maximum atomic E-state index is 12.0. The zero-order valence-electron chi connectivity index (χ0n) is 12.3. The SMILES string of the molecule is COc1ccc(NC(=O)NC(=O)c2ccccc2N)cc1C. The van der Waals surface area contributed by atoms with E-state index in [9.17, 15) is 9.59 Å². The summed E-state index contributed by atoms with van der Waals surface area (Å²) in [5.41, 5.74) is 7.70. The maximum absolute atomic E-state index is 12.0. The first-order chi connectivity index (χ1) is 10.5. The van der Waals surface area contributed by atoms with Crippen LogP contribution in [0.2, 0.25) is 0 Å². The van der Waals surface area contributed by atoms with Gasteiger partial charge in [-0.1, -0.05) is 12.1 Å². The van der Waals surface area contributed by atoms with Crippen molar-refractivity contribution < 1.29 is 14.3 Å². The first kappa shape index (κ1) is 15.4. The maximum Gasteiger partial charge on any atom is 0.326 e. The van der Waals surface area contributed by atoms with E-state index < -0.39 is 11.9 Å². The van der Waals surface area contributed by atoms with Gasteiger partial charge in [0.05, 0.1) is 12.7 Å². The summed E-state index contributed by atoms with van der Waals surface area (Å²) in [4.78, 5) is 23.8. The Morgan fingerprint density at radius 1 is 1.14 bits per heavy atom. The van der Waals surface area contributed by atoms with Crippen molar-refractivity contribution in [3.63, 3.8) is 0 Å². The molecule has 3 amide bonds. The Kier molecular flexibility index (Phi) is 4.63. The lowest BCUT2D eigenvalue weighted by molar-refractivity contribution is 0.0968. The molecule has 2 aromatic rings. The number of nitrogen functional groups attached to an aromatic ring is 1. The van der Waals surface area contributed by atoms with E-state index in [2.05, 4.69) is 10.6 Å². The van der Waals surface area contributed by atoms with Gasteiger partial charge in [0.15, 0.2) is 0 Å². The minimum absolute atomic E-state index is 0.253. The highest BCUT2D eigenvalue weighted by atomic mass is 16.5. The molecule has 0 unspecified atom stereocenters. The fraction of sp³-hybridized carbons (Fsp3) is 0.125. The number of imide groups is 1. The fourth-order valence-electron chi connectivity index (χ4n) is 1.99. The van der Waals surface area contributed by atoms with Gasteiger partial charge in [-0.25, -0.2) is 4.79 Å². The number of carbonyl (C=O) groups excluding carboxylic acids is 2. The summed E-state index contributed by atoms with van der Waals surface area (Å²) >= 11 is 0. The van der Waals surface area contributed by atoms with Crippen LogP contribution in [0.3, 0.4) is 0 Å². The van der Waals surface area contributed by atoms with Gasteiger partial charge in [-0.3, -0.25) is 10.1 Å². The largest absolute Gasteiger partial charge is 0.496 e. The molecule has 0 heterocycles. The van der Waals surface area contributed by atoms with Crippen LogP contribution in [0.5, 0.6) is 5.75 Å². The lowest BCUT2D eigenvalue weighted by Gasteiger charge is -2.10. The average Bonchev–Trinajstić information content (AvgIpc) is 2.47. The number of rotatable bonds is 3. The molecular weight excluding hydrogens is 282 g/mol. The van der Waals surface area contributed by atoms with Crippen molar-refractivity contribution in [2.75, 3.05) is 18.2 Å². The molecule has 2 aromatic carbocycles. The molecule has 4 N–H and O–H groups in total. The number of nitrogens with two attached hydrogens (primary N) is 1. The van der Waals surface area contributed by atoms with Gasteiger partial charge in [-0.05, 0) is 42.8 Å². The molecule has 0 saturated heterocycles. The lowest BCUT2D eigenvalue weighted by Crippen LogP contribution is -2.34. The second kappa shape index (κ2) is 6.62. The summed E-state index contributed by atoms with van der Waals surface area (Å²) in [6.07, 6.45) is 0. The van der Waals surface area contributed by atoms with Crippen LogP contribution in [0.4, 0.5) is 16.2 Å². The molecule has 22 heavy (non-hydrogen) atoms. The Morgan fingerprint density at radius 3 is 2.50 bits per heavy atom. The number of nitrogens with one attached hydrogen (secondary N) is 2. The minimum Gasteiger partial charge on any atom is -0.496 e. The van der Waals surface area contributed by atoms with E-state index in [1.165, 1.54) is 0 Å². The van der Waals surface area contributed by atoms with Crippen LogP contribution in [0.1, 0.15) is 15.9 Å². The number of aryl methyl sites for hydroxylation is 1. The zero-order valence-corrected chi connectivity index (χ0v) is 12.3. The van der Waals surface area contributed by atoms with Gasteiger partial charge in [0.2, 0.25) is 0 Å². The first-order valence-corrected chi connectivity index (χ1v) is 6.62. The topological polar surface area (TPSA) is 93.5 Å². The van der Waals surface area contributed by atoms with Crippen LogP contribution < -0.4 is 21.1 Å². The normalized spacial score (nSPS) is 9.91. The summed E-state index contributed by atoms with van der Waals surface area (Å²) < 4.78 is 5.14. The van der Waals surface area contributed by atoms with Crippen LogP contribution in [0, 0.1) is 6.92 Å². The standard InChI is InChI=1S/C16H17N3O3/c1-10-9-11(7-8-14(10)22-2)18-16(21)19-15(20)12-5-3-4-6-13(12)17/h3-9H,17H2,1-2H3,(H2,18,19,20,21). The summed E-state index contributed by atoms with van der Waals surface area (Å²) in [5.74, 6) is 0.167. The van der Waals surface area contributed by atoms with Gasteiger partial charge in [-0.15, -0.1) is 0 Å². The molecule has 0 bridgehead atoms. The second-order valence-corrected chi connectivity index (χ2v) is 4.68. The number of ether oxygens (including phenoxy) is 1. The Hall–Kier alpha value is -3.02. The quantitative estimate of drug-likeness (QED) is 0.759. The Bertz CT molecular complexity index is 714. The number of hydrogen-bond acceptors (Lipinski definition) is 4. The van der Waals surface area contributed by atoms with Gasteiger partial charge in [0, 0.05) is 11.4 Å². The summed E-state index contributed by atoms with van der Waals surface area (Å²) in [6.45, 7) is 1.86. The molecule has 0 aliphatic heterocycles. The van der Waals surface area contributed by atoms with Crippen molar-refractivity contribution in [1.29, 1.82) is 0 Å². The second-order valence-electron chi connectivity index (χ2n) is 4.68. The molecule has 2 rings (SSSR count). The van der Waals surface area contributed by atoms with E-state index >= 15 is 0 Å². The predicted octanol–water partition coefficient (Wildman–Crippen LogP) is 2.55. The number of para-hydroxylation sites is 1. The van der Waals surface area contributed by atoms with Gasteiger partial charge in [0.25, 0.3) is 5.91 Å². The van der Waals surface area contributed by atoms with E-state index in [1.54, 1.807) is 49.6 Å². The van der Waals surface area contributed by atoms with E-state index in [0.717, 1.165) is 11.3 Å². The molecule has 0 atom stereocenters. The number of methoxy groups -OCH3 is 1. The Balaban J connectivity index is 2.03. The van der Waals surface area contributed by atoms with Crippen LogP contribution in [0.15, 0.2) is 42.5 Å². The fourth-order valence-corrected chi connectivity index (χ4v) is 1.99. The molecule has 114 valence electrons. The van der Waals surface area contributed by atoms with Crippen LogP contribution >= 0.6 is 0 Å². The van der Waals surface area contributed by atoms with Crippen molar-refractivity contribution in [1.82, 2.24) is 5.32 Å². The molecular formula is C16H17N3O3. The van der Waals surface area contributed by atoms with Gasteiger partial charge >= 0.3 is 6.03 Å². The van der Waals surface area contributed by atoms with Gasteiger partial charge in [0.1, 0.15) is 5.75 Å². The molecule has 0 aliphatic carbocycles. The zero-order chi connectivity index (χ0) is 16.1. The highest BCUT2D eigenvalue weighted by Gasteiger charge is 2.13. The van der Waals surface area contributed by atoms with Gasteiger partial charge < -0.3 is 15.8 Å². The summed E-state index contributed by atoms with van der Waals surface area (Å²) in [5, 5.41) is 4.82. The van der Waals surface area contributed by atoms with E-state index in [0.29, 0.717) is 11.4 Å². The first-order valence-electron chi connectivity index (χ1n) is 6.62. The third-order valence-electron chi connectivity index (χ3n) is 3.09. The van der Waals surface area contributed by atoms with E-state index in [1.807, 2.05) is 6.92 Å². The highest BCUT2D eigenvalue weighted by Crippen LogP contribution is 2.21. The number of amides is 3. The lowest BCUT2D eigenvalue weighted by atomic mass is 10.2. The predicted molar refractivity (Wildman–Crippen MR) is 85.1 cm³/mol. The van der Waals surface area contributed by atoms with Crippen molar-refractivity contribution in [2.24, 2.45) is 0 Å². The van der Waals surface area contributed by atoms with Crippen LogP contribution in [-0.4, -0.2) is 19.0 Å². The third kappa shape index (κ3) is 3.54. The Morgan fingerprint density at radius 2 is 1.86 bits per heavy atom. The highest BCUT2D eigenvalue weighted by molar-refractivity contribution is 6.10. The average molecular weight is 299 g/mol. The third-order valence-corrected chi connectivity index (χ3v) is 3.09. The Labute approximate surface area is 128 Å². The van der Waals surface area contributed by atoms with Crippen molar-refractivity contribution in [3.05, 3.63) is 53.6 Å². The van der Waals surface area contributed by atoms with Crippen LogP contribution in [0.25, 0.3) is 0 Å². The number of hydrogen-bond donors (Lipinski definition) is 3. The van der Waals surface area contributed by atoms with E-state index in [4.69, 9.17) is 10.5 Å². The molecule has 6 heteroatoms. The smallest absolute Gasteiger partial charge is 0.326 e. The van der Waals surface area contributed by atoms with Gasteiger partial charge in [-0.2, -0.15) is 0 Å². The van der Waals surface area contributed by atoms with Crippen molar-refractivity contribution in [3.8, 4) is 5.75 Å². The van der Waals surface area contributed by atoms with Crippen molar-refractivity contribution >= 4 is 23.3 Å². The number of benzene rings is 2. The molecule has 0 saturated carbocycles. The summed E-state index contributed by atoms with van der Waals surface area (Å²) in [6, 6.07) is 11.1. The summed E-state index contributed by atoms with van der Waals surface area (Å²) in [7, 11) is 1.57. The molecule has 6 nitrogen and oxygen atoms in total. The van der Waals surface area contributed by atoms with Crippen LogP contribution in [-0.2, 0) is 0 Å². The number of carbonyl (C=O) groups is 2. The minimum atomic E-state index is -0.627. The number of anilines is 2. The van der Waals surface area contributed by atoms with Crippen molar-refractivity contribution in [2.45, 2.75) is 6.92 Å². The molecule has 0 fully saturated rings. The molecule has 0 spiro atoms. The molecule has 0 radical (unpaired) electrons. The monoisotopic (exact) mass is 299 g/mol. The van der Waals surface area contributed by atoms with E-state index in [-0.39, 0.29) is 5.56 Å². The molecule has 0 aromatic heterocycles. The molecule has 0 aliphatic rings.